The van der Waals surface area contributed by atoms with Crippen LogP contribution in [-0.2, 0) is 32.6 Å². The van der Waals surface area contributed by atoms with Crippen LogP contribution in [0.5, 0.6) is 17.2 Å². The molecule has 0 spiro atoms. The minimum Gasteiger partial charge on any atom is -0.495 e. The van der Waals surface area contributed by atoms with Crippen LogP contribution in [0.3, 0.4) is 0 Å². The Kier molecular flexibility index (Phi) is 13.8. The summed E-state index contributed by atoms with van der Waals surface area (Å²) >= 11 is 19.3. The van der Waals surface area contributed by atoms with Gasteiger partial charge in [0.1, 0.15) is 18.3 Å². The van der Waals surface area contributed by atoms with Crippen LogP contribution in [0.25, 0.3) is 0 Å². The lowest BCUT2D eigenvalue weighted by atomic mass is 9.94. The van der Waals surface area contributed by atoms with E-state index in [1.54, 1.807) is 24.3 Å². The van der Waals surface area contributed by atoms with Gasteiger partial charge >= 0.3 is 0 Å². The number of hydrogen-bond donors (Lipinski definition) is 1. The number of rotatable bonds is 15. The number of amides is 2. The van der Waals surface area contributed by atoms with Gasteiger partial charge in [0.2, 0.25) is 11.8 Å². The van der Waals surface area contributed by atoms with Crippen molar-refractivity contribution in [3.63, 3.8) is 0 Å². The Morgan fingerprint density at radius 2 is 1.43 bits per heavy atom. The fraction of sp³-hybridized carbons (Fsp3) is 0.333. The first-order valence-corrected chi connectivity index (χ1v) is 19.7. The second-order valence-corrected chi connectivity index (χ2v) is 15.8. The summed E-state index contributed by atoms with van der Waals surface area (Å²) < 4.78 is 46.6. The Hall–Kier alpha value is -4.16. The Labute approximate surface area is 325 Å². The number of carbonyl (C=O) groups is 2. The molecule has 4 aromatic rings. The highest BCUT2D eigenvalue weighted by Gasteiger charge is 2.37. The topological polar surface area (TPSA) is 114 Å². The Bertz CT molecular complexity index is 2010. The highest BCUT2D eigenvalue weighted by Crippen LogP contribution is 2.37. The van der Waals surface area contributed by atoms with Gasteiger partial charge in [0.25, 0.3) is 10.0 Å². The lowest BCUT2D eigenvalue weighted by molar-refractivity contribution is -0.140. The first-order chi connectivity index (χ1) is 25.4. The maximum atomic E-state index is 15.0. The summed E-state index contributed by atoms with van der Waals surface area (Å²) in [7, 11) is -0.326. The van der Waals surface area contributed by atoms with Crippen LogP contribution >= 0.6 is 34.8 Å². The van der Waals surface area contributed by atoms with Crippen molar-refractivity contribution in [2.75, 3.05) is 32.2 Å². The second-order valence-electron chi connectivity index (χ2n) is 12.7. The summed E-state index contributed by atoms with van der Waals surface area (Å²) in [6, 6.07) is 21.7. The van der Waals surface area contributed by atoms with E-state index in [-0.39, 0.29) is 57.0 Å². The summed E-state index contributed by atoms with van der Waals surface area (Å²) in [5.41, 5.74) is 1.34. The fourth-order valence-electron chi connectivity index (χ4n) is 6.41. The van der Waals surface area contributed by atoms with Gasteiger partial charge in [0.05, 0.1) is 31.9 Å². The Morgan fingerprint density at radius 1 is 0.792 bits per heavy atom. The lowest BCUT2D eigenvalue weighted by Gasteiger charge is -2.35. The van der Waals surface area contributed by atoms with Crippen LogP contribution < -0.4 is 23.8 Å². The molecule has 1 aliphatic carbocycles. The summed E-state index contributed by atoms with van der Waals surface area (Å²) in [4.78, 5) is 30.6. The highest BCUT2D eigenvalue weighted by molar-refractivity contribution is 7.92. The van der Waals surface area contributed by atoms with Crippen molar-refractivity contribution in [2.45, 2.75) is 62.0 Å². The Morgan fingerprint density at radius 3 is 2.09 bits per heavy atom. The third-order valence-electron chi connectivity index (χ3n) is 9.21. The minimum atomic E-state index is -4.54. The maximum Gasteiger partial charge on any atom is 0.265 e. The number of ether oxygens (including phenoxy) is 3. The van der Waals surface area contributed by atoms with Gasteiger partial charge in [-0.3, -0.25) is 13.9 Å². The van der Waals surface area contributed by atoms with Crippen molar-refractivity contribution in [1.82, 2.24) is 10.2 Å². The molecule has 2 amide bonds. The monoisotopic (exact) mass is 801 g/mol. The quantitative estimate of drug-likeness (QED) is 0.130. The molecule has 0 bridgehead atoms. The van der Waals surface area contributed by atoms with Crippen molar-refractivity contribution in [3.8, 4) is 17.2 Å². The van der Waals surface area contributed by atoms with Crippen molar-refractivity contribution in [1.29, 1.82) is 0 Å². The molecule has 1 atom stereocenters. The SMILES string of the molecule is COc1ccc(S(=O)(=O)N(CC(=O)N(Cc2ccc(Cl)cc2Cl)C(Cc2ccccc2)C(=O)NC2CCCCC2)c2cc(Cl)ccc2OC)cc1OC. The second kappa shape index (κ2) is 18.2. The summed E-state index contributed by atoms with van der Waals surface area (Å²) in [5.74, 6) is -0.405. The van der Waals surface area contributed by atoms with Gasteiger partial charge in [0.15, 0.2) is 11.5 Å². The van der Waals surface area contributed by atoms with Crippen LogP contribution in [0.2, 0.25) is 15.1 Å². The molecule has 53 heavy (non-hydrogen) atoms. The number of benzene rings is 4. The van der Waals surface area contributed by atoms with E-state index in [0.29, 0.717) is 16.3 Å². The van der Waals surface area contributed by atoms with Crippen LogP contribution in [0.15, 0.2) is 89.8 Å². The van der Waals surface area contributed by atoms with E-state index in [2.05, 4.69) is 5.32 Å². The molecule has 1 fully saturated rings. The fourth-order valence-corrected chi connectivity index (χ4v) is 8.47. The third kappa shape index (κ3) is 9.89. The average Bonchev–Trinajstić information content (AvgIpc) is 3.16. The van der Waals surface area contributed by atoms with E-state index in [1.807, 2.05) is 30.3 Å². The molecular weight excluding hydrogens is 761 g/mol. The normalized spacial score (nSPS) is 13.8. The number of anilines is 1. The molecule has 0 heterocycles. The molecular formula is C39H42Cl3N3O7S. The van der Waals surface area contributed by atoms with Crippen LogP contribution in [-0.4, -0.2) is 65.1 Å². The predicted molar refractivity (Wildman–Crippen MR) is 208 cm³/mol. The molecule has 1 saturated carbocycles. The summed E-state index contributed by atoms with van der Waals surface area (Å²) in [6.45, 7) is -0.859. The summed E-state index contributed by atoms with van der Waals surface area (Å²) in [6.07, 6.45) is 4.87. The first-order valence-electron chi connectivity index (χ1n) is 17.1. The molecule has 10 nitrogen and oxygen atoms in total. The van der Waals surface area contributed by atoms with Gasteiger partial charge in [-0.05, 0) is 66.4 Å². The van der Waals surface area contributed by atoms with Crippen molar-refractivity contribution in [2.24, 2.45) is 0 Å². The molecule has 0 aromatic heterocycles. The van der Waals surface area contributed by atoms with Gasteiger partial charge in [0, 0.05) is 40.1 Å². The largest absolute Gasteiger partial charge is 0.495 e. The minimum absolute atomic E-state index is 0.0128. The van der Waals surface area contributed by atoms with Gasteiger partial charge in [-0.25, -0.2) is 8.42 Å². The van der Waals surface area contributed by atoms with Crippen molar-refractivity contribution < 1.29 is 32.2 Å². The van der Waals surface area contributed by atoms with Gasteiger partial charge < -0.3 is 24.4 Å². The molecule has 1 aliphatic rings. The first kappa shape index (κ1) is 40.0. The molecule has 0 radical (unpaired) electrons. The summed E-state index contributed by atoms with van der Waals surface area (Å²) in [5, 5.41) is 4.08. The average molecular weight is 803 g/mol. The number of methoxy groups -OCH3 is 3. The van der Waals surface area contributed by atoms with Crippen molar-refractivity contribution in [3.05, 3.63) is 111 Å². The van der Waals surface area contributed by atoms with Crippen LogP contribution in [0, 0.1) is 0 Å². The number of nitrogens with zero attached hydrogens (tertiary/aromatic N) is 2. The Balaban J connectivity index is 1.64. The van der Waals surface area contributed by atoms with E-state index in [0.717, 1.165) is 42.0 Å². The van der Waals surface area contributed by atoms with E-state index in [9.17, 15) is 18.0 Å². The third-order valence-corrected chi connectivity index (χ3v) is 11.8. The molecule has 0 saturated heterocycles. The number of carbonyl (C=O) groups excluding carboxylic acids is 2. The molecule has 5 rings (SSSR count). The van der Waals surface area contributed by atoms with E-state index in [1.165, 1.54) is 56.6 Å². The number of sulfonamides is 1. The standard InChI is InChI=1S/C39H42Cl3N3O7S/c1-50-35-18-16-29(41)22-33(35)45(53(48,49)31-17-19-36(51-2)37(23-31)52-3)25-38(46)44(24-27-14-15-28(40)21-32(27)42)34(20-26-10-6-4-7-11-26)39(47)43-30-12-8-5-9-13-30/h4,6-7,10-11,14-19,21-23,30,34H,5,8-9,12-13,20,24-25H2,1-3H3,(H,43,47). The molecule has 14 heteroatoms. The number of nitrogens with one attached hydrogen (secondary N) is 1. The molecule has 1 unspecified atom stereocenters. The van der Waals surface area contributed by atoms with Gasteiger partial charge in [-0.2, -0.15) is 0 Å². The zero-order chi connectivity index (χ0) is 38.1. The van der Waals surface area contributed by atoms with Gasteiger partial charge in [-0.1, -0.05) is 90.5 Å². The van der Waals surface area contributed by atoms with Crippen LogP contribution in [0.1, 0.15) is 43.2 Å². The van der Waals surface area contributed by atoms with E-state index < -0.39 is 28.5 Å². The lowest BCUT2D eigenvalue weighted by Crippen LogP contribution is -2.55. The van der Waals surface area contributed by atoms with Crippen LogP contribution in [0.4, 0.5) is 5.69 Å². The molecule has 0 aliphatic heterocycles. The number of halogens is 3. The molecule has 282 valence electrons. The zero-order valence-corrected chi connectivity index (χ0v) is 32.8. The van der Waals surface area contributed by atoms with E-state index in [4.69, 9.17) is 49.0 Å². The van der Waals surface area contributed by atoms with Gasteiger partial charge in [-0.15, -0.1) is 0 Å². The molecule has 4 aromatic carbocycles. The molecule has 1 N–H and O–H groups in total. The van der Waals surface area contributed by atoms with Crippen molar-refractivity contribution >= 4 is 62.3 Å². The predicted octanol–water partition coefficient (Wildman–Crippen LogP) is 7.96. The zero-order valence-electron chi connectivity index (χ0n) is 29.7. The maximum absolute atomic E-state index is 15.0. The number of hydrogen-bond acceptors (Lipinski definition) is 7. The van der Waals surface area contributed by atoms with E-state index >= 15 is 0 Å². The highest BCUT2D eigenvalue weighted by atomic mass is 35.5. The smallest absolute Gasteiger partial charge is 0.265 e.